The maximum Gasteiger partial charge on any atom is 0.322 e. The Morgan fingerprint density at radius 1 is 1.24 bits per heavy atom. The second kappa shape index (κ2) is 9.87. The average Bonchev–Trinajstić information content (AvgIpc) is 3.12. The first-order chi connectivity index (χ1) is 16.0. The summed E-state index contributed by atoms with van der Waals surface area (Å²) in [5.41, 5.74) is 2.67. The van der Waals surface area contributed by atoms with Crippen LogP contribution in [0.1, 0.15) is 17.3 Å². The van der Waals surface area contributed by atoms with Gasteiger partial charge in [-0.2, -0.15) is 0 Å². The van der Waals surface area contributed by atoms with E-state index in [-0.39, 0.29) is 37.5 Å². The molecule has 2 N–H and O–H groups in total. The maximum atomic E-state index is 13.3. The van der Waals surface area contributed by atoms with Gasteiger partial charge >= 0.3 is 6.03 Å². The van der Waals surface area contributed by atoms with Crippen molar-refractivity contribution in [1.29, 1.82) is 0 Å². The molecule has 9 heteroatoms. The molecule has 0 bridgehead atoms. The number of amides is 4. The first-order valence-electron chi connectivity index (χ1n) is 10.6. The van der Waals surface area contributed by atoms with Gasteiger partial charge in [-0.25, -0.2) is 4.79 Å². The lowest BCUT2D eigenvalue weighted by Crippen LogP contribution is -2.47. The molecule has 4 amide bonds. The third-order valence-corrected chi connectivity index (χ3v) is 5.83. The third-order valence-electron chi connectivity index (χ3n) is 5.58. The zero-order valence-electron chi connectivity index (χ0n) is 18.0. The van der Waals surface area contributed by atoms with E-state index >= 15 is 0 Å². The number of carbonyl (C=O) groups excluding carboxylic acids is 3. The Bertz CT molecular complexity index is 1100. The Labute approximate surface area is 196 Å². The van der Waals surface area contributed by atoms with E-state index in [1.807, 2.05) is 18.2 Å². The fourth-order valence-corrected chi connectivity index (χ4v) is 4.13. The van der Waals surface area contributed by atoms with Crippen molar-refractivity contribution in [3.8, 4) is 0 Å². The second-order valence-electron chi connectivity index (χ2n) is 7.78. The first kappa shape index (κ1) is 22.5. The van der Waals surface area contributed by atoms with Crippen LogP contribution in [0.15, 0.2) is 72.6 Å². The Morgan fingerprint density at radius 3 is 2.73 bits per heavy atom. The lowest BCUT2D eigenvalue weighted by molar-refractivity contribution is -0.131. The number of hydrogen-bond acceptors (Lipinski definition) is 4. The number of aromatic nitrogens is 1. The van der Waals surface area contributed by atoms with Crippen molar-refractivity contribution in [1.82, 2.24) is 25.4 Å². The van der Waals surface area contributed by atoms with Crippen LogP contribution < -0.4 is 10.6 Å². The van der Waals surface area contributed by atoms with Crippen molar-refractivity contribution in [2.75, 3.05) is 26.2 Å². The van der Waals surface area contributed by atoms with Crippen LogP contribution in [0.25, 0.3) is 0 Å². The summed E-state index contributed by atoms with van der Waals surface area (Å²) in [4.78, 5) is 45.8. The van der Waals surface area contributed by atoms with Gasteiger partial charge in [0.1, 0.15) is 6.54 Å². The molecule has 1 atom stereocenters. The Kier molecular flexibility index (Phi) is 6.74. The third kappa shape index (κ3) is 4.90. The van der Waals surface area contributed by atoms with Crippen LogP contribution in [0.3, 0.4) is 0 Å². The van der Waals surface area contributed by atoms with E-state index in [4.69, 9.17) is 11.6 Å². The summed E-state index contributed by atoms with van der Waals surface area (Å²) in [6.07, 6.45) is 3.90. The van der Waals surface area contributed by atoms with E-state index in [1.165, 1.54) is 9.80 Å². The van der Waals surface area contributed by atoms with Crippen molar-refractivity contribution >= 4 is 29.4 Å². The van der Waals surface area contributed by atoms with E-state index in [9.17, 15) is 14.4 Å². The molecule has 0 saturated carbocycles. The highest BCUT2D eigenvalue weighted by Crippen LogP contribution is 2.36. The van der Waals surface area contributed by atoms with Gasteiger partial charge in [-0.1, -0.05) is 35.9 Å². The molecule has 0 radical (unpaired) electrons. The molecule has 0 spiro atoms. The van der Waals surface area contributed by atoms with Crippen LogP contribution >= 0.6 is 11.6 Å². The lowest BCUT2D eigenvalue weighted by atomic mass is 9.95. The Morgan fingerprint density at radius 2 is 2.03 bits per heavy atom. The summed E-state index contributed by atoms with van der Waals surface area (Å²) in [6, 6.07) is 11.7. The Hall–Kier alpha value is -3.65. The van der Waals surface area contributed by atoms with Crippen LogP contribution in [0.2, 0.25) is 5.02 Å². The molecule has 0 fully saturated rings. The van der Waals surface area contributed by atoms with Gasteiger partial charge in [-0.15, -0.1) is 6.58 Å². The second-order valence-corrected chi connectivity index (χ2v) is 8.21. The summed E-state index contributed by atoms with van der Waals surface area (Å²) in [5, 5.41) is 6.29. The molecule has 0 aliphatic carbocycles. The minimum Gasteiger partial charge on any atom is -0.354 e. The minimum atomic E-state index is -0.615. The molecule has 2 aromatic rings. The topological polar surface area (TPSA) is 94.6 Å². The molecule has 4 rings (SSSR count). The van der Waals surface area contributed by atoms with Gasteiger partial charge in [0.25, 0.3) is 5.91 Å². The van der Waals surface area contributed by atoms with Crippen LogP contribution in [0, 0.1) is 0 Å². The van der Waals surface area contributed by atoms with Crippen molar-refractivity contribution in [3.05, 3.63) is 88.9 Å². The molecule has 1 aromatic heterocycles. The summed E-state index contributed by atoms with van der Waals surface area (Å²) in [6.45, 7) is 4.46. The highest BCUT2D eigenvalue weighted by atomic mass is 35.5. The molecule has 3 heterocycles. The highest BCUT2D eigenvalue weighted by Gasteiger charge is 2.44. The Balaban J connectivity index is 1.48. The number of nitrogens with zero attached hydrogens (tertiary/aromatic N) is 3. The molecular formula is C24H24ClN5O3. The van der Waals surface area contributed by atoms with Gasteiger partial charge in [0, 0.05) is 36.4 Å². The highest BCUT2D eigenvalue weighted by molar-refractivity contribution is 6.30. The van der Waals surface area contributed by atoms with Crippen LogP contribution in [0.4, 0.5) is 4.79 Å². The molecular weight excluding hydrogens is 442 g/mol. The molecule has 0 saturated heterocycles. The smallest absolute Gasteiger partial charge is 0.322 e. The van der Waals surface area contributed by atoms with Gasteiger partial charge < -0.3 is 15.5 Å². The predicted octanol–water partition coefficient (Wildman–Crippen LogP) is 2.44. The number of urea groups is 1. The van der Waals surface area contributed by atoms with Gasteiger partial charge in [0.2, 0.25) is 5.91 Å². The summed E-state index contributed by atoms with van der Waals surface area (Å²) >= 11 is 6.00. The van der Waals surface area contributed by atoms with Crippen molar-refractivity contribution in [2.45, 2.75) is 12.5 Å². The SMILES string of the molecule is C=CCN1C(=O)NC(c2ccc(Cl)cc2)C2=C1CN(CC(=O)NCCc1ccccn1)C2=O. The van der Waals surface area contributed by atoms with Gasteiger partial charge in [-0.3, -0.25) is 19.5 Å². The number of pyridine rings is 1. The quantitative estimate of drug-likeness (QED) is 0.585. The van der Waals surface area contributed by atoms with E-state index in [0.717, 1.165) is 11.3 Å². The summed E-state index contributed by atoms with van der Waals surface area (Å²) in [5.74, 6) is -0.546. The van der Waals surface area contributed by atoms with E-state index < -0.39 is 6.04 Å². The van der Waals surface area contributed by atoms with Gasteiger partial charge in [0.05, 0.1) is 23.9 Å². The number of halogens is 1. The largest absolute Gasteiger partial charge is 0.354 e. The zero-order chi connectivity index (χ0) is 23.4. The molecule has 2 aliphatic heterocycles. The molecule has 170 valence electrons. The average molecular weight is 466 g/mol. The van der Waals surface area contributed by atoms with E-state index in [1.54, 1.807) is 36.5 Å². The summed E-state index contributed by atoms with van der Waals surface area (Å²) in [7, 11) is 0. The maximum absolute atomic E-state index is 13.3. The molecule has 2 aliphatic rings. The predicted molar refractivity (Wildman–Crippen MR) is 124 cm³/mol. The minimum absolute atomic E-state index is 0.0997. The van der Waals surface area contributed by atoms with Crippen molar-refractivity contribution in [3.63, 3.8) is 0 Å². The fraction of sp³-hybridized carbons (Fsp3) is 0.250. The number of hydrogen-bond donors (Lipinski definition) is 2. The molecule has 33 heavy (non-hydrogen) atoms. The standard InChI is InChI=1S/C24H24ClN5O3/c1-2-13-30-19-14-29(15-20(31)27-12-10-18-5-3-4-11-26-18)23(32)21(19)22(28-24(30)33)16-6-8-17(25)9-7-16/h2-9,11,22H,1,10,12-15H2,(H,27,31)(H,28,33). The number of benzene rings is 1. The van der Waals surface area contributed by atoms with Gasteiger partial charge in [0.15, 0.2) is 0 Å². The van der Waals surface area contributed by atoms with Crippen LogP contribution in [0.5, 0.6) is 0 Å². The summed E-state index contributed by atoms with van der Waals surface area (Å²) < 4.78 is 0. The first-order valence-corrected chi connectivity index (χ1v) is 11.0. The zero-order valence-corrected chi connectivity index (χ0v) is 18.7. The normalized spacial score (nSPS) is 17.7. The molecule has 1 aromatic carbocycles. The molecule has 1 unspecified atom stereocenters. The van der Waals surface area contributed by atoms with Crippen molar-refractivity contribution < 1.29 is 14.4 Å². The van der Waals surface area contributed by atoms with Crippen molar-refractivity contribution in [2.24, 2.45) is 0 Å². The number of rotatable bonds is 8. The lowest BCUT2D eigenvalue weighted by Gasteiger charge is -2.33. The van der Waals surface area contributed by atoms with Gasteiger partial charge in [-0.05, 0) is 29.8 Å². The van der Waals surface area contributed by atoms with Crippen LogP contribution in [-0.2, 0) is 16.0 Å². The fourth-order valence-electron chi connectivity index (χ4n) is 4.01. The number of carbonyl (C=O) groups is 3. The molecule has 8 nitrogen and oxygen atoms in total. The van der Waals surface area contributed by atoms with Crippen LogP contribution in [-0.4, -0.2) is 58.8 Å². The monoisotopic (exact) mass is 465 g/mol. The van der Waals surface area contributed by atoms with E-state index in [0.29, 0.717) is 29.3 Å². The number of nitrogens with one attached hydrogen (secondary N) is 2. The van der Waals surface area contributed by atoms with E-state index in [2.05, 4.69) is 22.2 Å².